The summed E-state index contributed by atoms with van der Waals surface area (Å²) in [5.74, 6) is 1.39. The van der Waals surface area contributed by atoms with E-state index < -0.39 is 15.6 Å². The van der Waals surface area contributed by atoms with Crippen molar-refractivity contribution in [1.82, 2.24) is 4.72 Å². The maximum atomic E-state index is 12.8. The molecular weight excluding hydrogens is 326 g/mol. The molecular formula is C18H19NO4S. The second-order valence-corrected chi connectivity index (χ2v) is 7.96. The number of rotatable bonds is 4. The highest BCUT2D eigenvalue weighted by molar-refractivity contribution is 7.89. The van der Waals surface area contributed by atoms with Gasteiger partial charge in [-0.3, -0.25) is 0 Å². The molecule has 1 aliphatic carbocycles. The number of nitrogens with one attached hydrogen (secondary N) is 1. The Morgan fingerprint density at radius 2 is 1.71 bits per heavy atom. The lowest BCUT2D eigenvalue weighted by molar-refractivity contribution is 0.171. The largest absolute Gasteiger partial charge is 0.486 e. The normalized spacial score (nSPS) is 18.2. The van der Waals surface area contributed by atoms with Gasteiger partial charge in [-0.2, -0.15) is 0 Å². The van der Waals surface area contributed by atoms with Crippen molar-refractivity contribution in [2.45, 2.75) is 30.2 Å². The molecule has 0 saturated heterocycles. The summed E-state index contributed by atoms with van der Waals surface area (Å²) in [6.07, 6.45) is 1.55. The zero-order valence-electron chi connectivity index (χ0n) is 13.4. The van der Waals surface area contributed by atoms with Gasteiger partial charge in [0.05, 0.1) is 10.4 Å². The van der Waals surface area contributed by atoms with Crippen LogP contribution >= 0.6 is 0 Å². The quantitative estimate of drug-likeness (QED) is 0.925. The topological polar surface area (TPSA) is 64.6 Å². The average Bonchev–Trinajstić information content (AvgIpc) is 3.34. The average molecular weight is 345 g/mol. The van der Waals surface area contributed by atoms with E-state index in [9.17, 15) is 8.42 Å². The first kappa shape index (κ1) is 15.5. The van der Waals surface area contributed by atoms with Crippen molar-refractivity contribution >= 4 is 10.0 Å². The first-order valence-electron chi connectivity index (χ1n) is 8.00. The first-order valence-corrected chi connectivity index (χ1v) is 9.48. The summed E-state index contributed by atoms with van der Waals surface area (Å²) in [5, 5.41) is 0. The van der Waals surface area contributed by atoms with Crippen molar-refractivity contribution in [3.05, 3.63) is 53.6 Å². The van der Waals surface area contributed by atoms with E-state index in [1.54, 1.807) is 25.1 Å². The van der Waals surface area contributed by atoms with Crippen LogP contribution in [0.3, 0.4) is 0 Å². The Labute approximate surface area is 141 Å². The van der Waals surface area contributed by atoms with Crippen LogP contribution in [0.5, 0.6) is 11.5 Å². The van der Waals surface area contributed by atoms with Gasteiger partial charge in [-0.05, 0) is 49.1 Å². The number of fused-ring (bicyclic) bond motifs is 1. The minimum Gasteiger partial charge on any atom is -0.486 e. The summed E-state index contributed by atoms with van der Waals surface area (Å²) in [6.45, 7) is 2.86. The van der Waals surface area contributed by atoms with Gasteiger partial charge in [-0.15, -0.1) is 0 Å². The van der Waals surface area contributed by atoms with Crippen molar-refractivity contribution in [1.29, 1.82) is 0 Å². The van der Waals surface area contributed by atoms with Crippen LogP contribution in [0.4, 0.5) is 0 Å². The Morgan fingerprint density at radius 3 is 2.42 bits per heavy atom. The highest BCUT2D eigenvalue weighted by atomic mass is 32.2. The third kappa shape index (κ3) is 2.65. The van der Waals surface area contributed by atoms with Gasteiger partial charge in [0.15, 0.2) is 11.5 Å². The number of hydrogen-bond acceptors (Lipinski definition) is 4. The standard InChI is InChI=1S/C18H19NO4S/c1-13-4-2-3-5-17(13)24(20,21)19-18(8-9-18)14-6-7-15-16(12-14)23-11-10-22-15/h2-7,12,19H,8-11H2,1H3. The molecule has 0 aromatic heterocycles. The van der Waals surface area contributed by atoms with E-state index in [0.29, 0.717) is 29.6 Å². The number of ether oxygens (including phenoxy) is 2. The van der Waals surface area contributed by atoms with Gasteiger partial charge >= 0.3 is 0 Å². The second-order valence-electron chi connectivity index (χ2n) is 6.31. The van der Waals surface area contributed by atoms with Crippen LogP contribution in [-0.2, 0) is 15.6 Å². The van der Waals surface area contributed by atoms with Gasteiger partial charge in [-0.25, -0.2) is 13.1 Å². The van der Waals surface area contributed by atoms with Gasteiger partial charge in [0.2, 0.25) is 10.0 Å². The second kappa shape index (κ2) is 5.50. The van der Waals surface area contributed by atoms with Crippen LogP contribution in [0, 0.1) is 6.92 Å². The maximum Gasteiger partial charge on any atom is 0.241 e. The fourth-order valence-corrected chi connectivity index (χ4v) is 4.78. The van der Waals surface area contributed by atoms with Crippen LogP contribution < -0.4 is 14.2 Å². The zero-order valence-corrected chi connectivity index (χ0v) is 14.2. The SMILES string of the molecule is Cc1ccccc1S(=O)(=O)NC1(c2ccc3c(c2)OCCO3)CC1. The van der Waals surface area contributed by atoms with E-state index in [-0.39, 0.29) is 0 Å². The molecule has 1 heterocycles. The third-order valence-electron chi connectivity index (χ3n) is 4.56. The minimum absolute atomic E-state index is 0.328. The molecule has 5 nitrogen and oxygen atoms in total. The number of hydrogen-bond donors (Lipinski definition) is 1. The zero-order chi connectivity index (χ0) is 16.8. The Balaban J connectivity index is 1.66. The number of benzene rings is 2. The fourth-order valence-electron chi connectivity index (χ4n) is 3.09. The molecule has 2 aromatic rings. The summed E-state index contributed by atoms with van der Waals surface area (Å²) >= 11 is 0. The molecule has 1 N–H and O–H groups in total. The lowest BCUT2D eigenvalue weighted by Gasteiger charge is -2.23. The minimum atomic E-state index is -3.58. The maximum absolute atomic E-state index is 12.8. The van der Waals surface area contributed by atoms with E-state index >= 15 is 0 Å². The summed E-state index contributed by atoms with van der Waals surface area (Å²) in [7, 11) is -3.58. The Morgan fingerprint density at radius 1 is 1.00 bits per heavy atom. The molecule has 1 aliphatic heterocycles. The molecule has 1 fully saturated rings. The Hall–Kier alpha value is -2.05. The summed E-state index contributed by atoms with van der Waals surface area (Å²) in [5.41, 5.74) is 1.11. The number of sulfonamides is 1. The van der Waals surface area contributed by atoms with Crippen molar-refractivity contribution in [3.8, 4) is 11.5 Å². The predicted octanol–water partition coefficient (Wildman–Crippen LogP) is 2.73. The van der Waals surface area contributed by atoms with Crippen molar-refractivity contribution < 1.29 is 17.9 Å². The van der Waals surface area contributed by atoms with Crippen molar-refractivity contribution in [2.24, 2.45) is 0 Å². The van der Waals surface area contributed by atoms with E-state index in [0.717, 1.165) is 24.0 Å². The molecule has 2 aromatic carbocycles. The smallest absolute Gasteiger partial charge is 0.241 e. The summed E-state index contributed by atoms with van der Waals surface area (Å²) in [6, 6.07) is 12.7. The molecule has 6 heteroatoms. The van der Waals surface area contributed by atoms with Crippen LogP contribution in [0.25, 0.3) is 0 Å². The molecule has 2 aliphatic rings. The van der Waals surface area contributed by atoms with Gasteiger partial charge < -0.3 is 9.47 Å². The Bertz CT molecular complexity index is 888. The highest BCUT2D eigenvalue weighted by Crippen LogP contribution is 2.48. The fraction of sp³-hybridized carbons (Fsp3) is 0.333. The van der Waals surface area contributed by atoms with Gasteiger partial charge in [-0.1, -0.05) is 24.3 Å². The van der Waals surface area contributed by atoms with E-state index in [1.807, 2.05) is 24.3 Å². The molecule has 0 radical (unpaired) electrons. The van der Waals surface area contributed by atoms with E-state index in [4.69, 9.17) is 9.47 Å². The molecule has 126 valence electrons. The molecule has 1 saturated carbocycles. The lowest BCUT2D eigenvalue weighted by Crippen LogP contribution is -2.35. The van der Waals surface area contributed by atoms with Gasteiger partial charge in [0, 0.05) is 0 Å². The molecule has 0 atom stereocenters. The van der Waals surface area contributed by atoms with Gasteiger partial charge in [0.25, 0.3) is 0 Å². The predicted molar refractivity (Wildman–Crippen MR) is 89.8 cm³/mol. The van der Waals surface area contributed by atoms with E-state index in [1.165, 1.54) is 0 Å². The van der Waals surface area contributed by atoms with Crippen LogP contribution in [0.2, 0.25) is 0 Å². The monoisotopic (exact) mass is 345 g/mol. The van der Waals surface area contributed by atoms with E-state index in [2.05, 4.69) is 4.72 Å². The van der Waals surface area contributed by atoms with Crippen molar-refractivity contribution in [2.75, 3.05) is 13.2 Å². The van der Waals surface area contributed by atoms with Crippen LogP contribution in [0.1, 0.15) is 24.0 Å². The third-order valence-corrected chi connectivity index (χ3v) is 6.25. The highest BCUT2D eigenvalue weighted by Gasteiger charge is 2.48. The van der Waals surface area contributed by atoms with Gasteiger partial charge in [0.1, 0.15) is 13.2 Å². The number of aryl methyl sites for hydroxylation is 1. The Kier molecular flexibility index (Phi) is 3.54. The summed E-state index contributed by atoms with van der Waals surface area (Å²) in [4.78, 5) is 0.328. The molecule has 0 amide bonds. The molecule has 0 unspecified atom stereocenters. The summed E-state index contributed by atoms with van der Waals surface area (Å²) < 4.78 is 39.7. The molecule has 4 rings (SSSR count). The molecule has 24 heavy (non-hydrogen) atoms. The van der Waals surface area contributed by atoms with Crippen LogP contribution in [0.15, 0.2) is 47.4 Å². The molecule has 0 bridgehead atoms. The van der Waals surface area contributed by atoms with Crippen LogP contribution in [-0.4, -0.2) is 21.6 Å². The first-order chi connectivity index (χ1) is 11.5. The van der Waals surface area contributed by atoms with Crippen molar-refractivity contribution in [3.63, 3.8) is 0 Å². The molecule has 0 spiro atoms. The lowest BCUT2D eigenvalue weighted by atomic mass is 10.1.